The molecule has 220 valence electrons. The van der Waals surface area contributed by atoms with Gasteiger partial charge in [0.2, 0.25) is 10.0 Å². The van der Waals surface area contributed by atoms with E-state index in [9.17, 15) is 13.2 Å². The number of amidine groups is 1. The number of methoxy groups -OCH3 is 2. The first-order chi connectivity index (χ1) is 20.1. The monoisotopic (exact) mass is 607 g/mol. The summed E-state index contributed by atoms with van der Waals surface area (Å²) in [5.74, 6) is 2.58. The Morgan fingerprint density at radius 1 is 1.05 bits per heavy atom. The molecule has 0 spiro atoms. The van der Waals surface area contributed by atoms with E-state index >= 15 is 0 Å². The molecule has 1 N–H and O–H groups in total. The van der Waals surface area contributed by atoms with Crippen molar-refractivity contribution in [3.63, 3.8) is 0 Å². The summed E-state index contributed by atoms with van der Waals surface area (Å²) in [5.41, 5.74) is 6.47. The van der Waals surface area contributed by atoms with Gasteiger partial charge in [0.05, 0.1) is 32.7 Å². The summed E-state index contributed by atoms with van der Waals surface area (Å²) in [4.78, 5) is 19.2. The number of carbonyl (C=O) groups is 1. The van der Waals surface area contributed by atoms with Gasteiger partial charge in [0, 0.05) is 36.3 Å². The number of sulfonamides is 1. The predicted octanol–water partition coefficient (Wildman–Crippen LogP) is 4.98. The van der Waals surface area contributed by atoms with Crippen LogP contribution in [0.3, 0.4) is 0 Å². The summed E-state index contributed by atoms with van der Waals surface area (Å²) in [6.45, 7) is 1.17. The summed E-state index contributed by atoms with van der Waals surface area (Å²) in [5, 5.41) is 5.82. The molecule has 3 aromatic rings. The summed E-state index contributed by atoms with van der Waals surface area (Å²) >= 11 is 1.25. The molecule has 5 rings (SSSR count). The van der Waals surface area contributed by atoms with Gasteiger partial charge in [-0.25, -0.2) is 13.4 Å². The van der Waals surface area contributed by atoms with Crippen molar-refractivity contribution in [2.24, 2.45) is 10.1 Å². The first-order valence-electron chi connectivity index (χ1n) is 13.4. The van der Waals surface area contributed by atoms with Crippen molar-refractivity contribution in [1.29, 1.82) is 0 Å². The highest BCUT2D eigenvalue weighted by Crippen LogP contribution is 2.33. The minimum absolute atomic E-state index is 0.0556. The van der Waals surface area contributed by atoms with E-state index in [2.05, 4.69) is 32.9 Å². The van der Waals surface area contributed by atoms with Crippen LogP contribution in [0.25, 0.3) is 0 Å². The number of nitrogens with one attached hydrogen (secondary N) is 1. The molecule has 0 radical (unpaired) electrons. The van der Waals surface area contributed by atoms with Crippen LogP contribution in [0.4, 0.5) is 16.2 Å². The van der Waals surface area contributed by atoms with E-state index in [0.717, 1.165) is 59.6 Å². The largest absolute Gasteiger partial charge is 0.493 e. The SMILES string of the molecule is COc1ccc(/C(=N/Cc2ccc(NS(C)(=O)=O)cc2)N2CCCc3cc(C4=NN(C)C(=O)SC4)ccc32)cc1OC. The third-order valence-corrected chi connectivity index (χ3v) is 8.50. The molecule has 0 aliphatic carbocycles. The maximum Gasteiger partial charge on any atom is 0.301 e. The third-order valence-electron chi connectivity index (χ3n) is 6.96. The smallest absolute Gasteiger partial charge is 0.301 e. The summed E-state index contributed by atoms with van der Waals surface area (Å²) < 4.78 is 36.7. The molecule has 0 saturated carbocycles. The molecule has 1 amide bonds. The molecule has 42 heavy (non-hydrogen) atoms. The zero-order valence-electron chi connectivity index (χ0n) is 24.0. The van der Waals surface area contributed by atoms with Gasteiger partial charge in [-0.3, -0.25) is 14.5 Å². The molecule has 2 heterocycles. The van der Waals surface area contributed by atoms with E-state index in [1.165, 1.54) is 22.3 Å². The van der Waals surface area contributed by atoms with Crippen LogP contribution in [0.5, 0.6) is 11.5 Å². The predicted molar refractivity (Wildman–Crippen MR) is 169 cm³/mol. The fourth-order valence-corrected chi connectivity index (χ4v) is 6.25. The Labute approximate surface area is 250 Å². The Morgan fingerprint density at radius 2 is 1.81 bits per heavy atom. The van der Waals surface area contributed by atoms with Crippen molar-refractivity contribution in [2.45, 2.75) is 19.4 Å². The van der Waals surface area contributed by atoms with Crippen molar-refractivity contribution in [3.8, 4) is 11.5 Å². The number of aliphatic imine (C=N–C) groups is 1. The number of aryl methyl sites for hydroxylation is 1. The molecule has 0 bridgehead atoms. The molecular weight excluding hydrogens is 574 g/mol. The van der Waals surface area contributed by atoms with Gasteiger partial charge in [0.1, 0.15) is 5.84 Å². The molecular formula is C30H33N5O5S2. The molecule has 0 atom stereocenters. The first kappa shape index (κ1) is 29.5. The molecule has 0 saturated heterocycles. The highest BCUT2D eigenvalue weighted by Gasteiger charge is 2.25. The van der Waals surface area contributed by atoms with Crippen molar-refractivity contribution in [1.82, 2.24) is 5.01 Å². The normalized spacial score (nSPS) is 15.7. The fourth-order valence-electron chi connectivity index (χ4n) is 4.98. The lowest BCUT2D eigenvalue weighted by molar-refractivity contribution is 0.235. The van der Waals surface area contributed by atoms with E-state index in [0.29, 0.717) is 29.5 Å². The fraction of sp³-hybridized carbons (Fsp3) is 0.300. The van der Waals surface area contributed by atoms with E-state index in [-0.39, 0.29) is 5.24 Å². The number of amides is 1. The molecule has 12 heteroatoms. The van der Waals surface area contributed by atoms with Crippen LogP contribution in [0.2, 0.25) is 0 Å². The van der Waals surface area contributed by atoms with Gasteiger partial charge >= 0.3 is 5.24 Å². The average molecular weight is 608 g/mol. The highest BCUT2D eigenvalue weighted by atomic mass is 32.2. The van der Waals surface area contributed by atoms with Crippen molar-refractivity contribution < 1.29 is 22.7 Å². The Hall–Kier alpha value is -4.03. The van der Waals surface area contributed by atoms with Gasteiger partial charge in [-0.1, -0.05) is 30.0 Å². The zero-order valence-corrected chi connectivity index (χ0v) is 25.6. The van der Waals surface area contributed by atoms with Crippen LogP contribution in [0.15, 0.2) is 70.8 Å². The van der Waals surface area contributed by atoms with E-state index in [4.69, 9.17) is 14.5 Å². The van der Waals surface area contributed by atoms with Crippen LogP contribution in [-0.4, -0.2) is 70.0 Å². The van der Waals surface area contributed by atoms with Crippen LogP contribution in [0.1, 0.15) is 28.7 Å². The Bertz CT molecular complexity index is 1650. The summed E-state index contributed by atoms with van der Waals surface area (Å²) in [7, 11) is 1.54. The lowest BCUT2D eigenvalue weighted by atomic mass is 9.97. The summed E-state index contributed by atoms with van der Waals surface area (Å²) in [6, 6.07) is 19.3. The van der Waals surface area contributed by atoms with Crippen LogP contribution < -0.4 is 19.1 Å². The number of hydrazone groups is 1. The second kappa shape index (κ2) is 12.5. The number of anilines is 2. The highest BCUT2D eigenvalue weighted by molar-refractivity contribution is 8.14. The van der Waals surface area contributed by atoms with Gasteiger partial charge in [-0.15, -0.1) is 0 Å². The van der Waals surface area contributed by atoms with Crippen molar-refractivity contribution in [2.75, 3.05) is 49.4 Å². The van der Waals surface area contributed by atoms with Crippen LogP contribution in [0, 0.1) is 0 Å². The first-order valence-corrected chi connectivity index (χ1v) is 16.3. The maximum absolute atomic E-state index is 11.9. The minimum atomic E-state index is -3.35. The number of carbonyl (C=O) groups excluding carboxylic acids is 1. The van der Waals surface area contributed by atoms with Gasteiger partial charge in [-0.05, 0) is 72.0 Å². The topological polar surface area (TPSA) is 113 Å². The number of nitrogens with zero attached hydrogens (tertiary/aromatic N) is 4. The number of rotatable bonds is 8. The van der Waals surface area contributed by atoms with E-state index in [1.54, 1.807) is 33.4 Å². The second-order valence-electron chi connectivity index (χ2n) is 10.0. The molecule has 0 unspecified atom stereocenters. The van der Waals surface area contributed by atoms with E-state index in [1.807, 2.05) is 30.3 Å². The van der Waals surface area contributed by atoms with Gasteiger partial charge in [0.25, 0.3) is 0 Å². The molecule has 0 fully saturated rings. The molecule has 2 aliphatic rings. The quantitative estimate of drug-likeness (QED) is 0.284. The summed E-state index contributed by atoms with van der Waals surface area (Å²) in [6.07, 6.45) is 2.98. The van der Waals surface area contributed by atoms with Gasteiger partial charge in [-0.2, -0.15) is 5.10 Å². The standard InChI is InChI=1S/C30H33N5O5S2/c1-34-30(36)41-19-25(32-34)21-9-13-26-22(16-21)6-5-15-35(26)29(23-10-14-27(39-2)28(17-23)40-3)31-18-20-7-11-24(12-8-20)33-42(4,37)38/h7-14,16-17,33H,5-6,15,18-19H2,1-4H3/b31-29-. The van der Waals surface area contributed by atoms with Crippen LogP contribution >= 0.6 is 11.8 Å². The third kappa shape index (κ3) is 6.71. The lowest BCUT2D eigenvalue weighted by Crippen LogP contribution is -2.36. The average Bonchev–Trinajstić information content (AvgIpc) is 2.98. The molecule has 2 aliphatic heterocycles. The Kier molecular flexibility index (Phi) is 8.74. The number of ether oxygens (including phenoxy) is 2. The Balaban J connectivity index is 1.51. The number of benzene rings is 3. The maximum atomic E-state index is 11.9. The molecule has 0 aromatic heterocycles. The zero-order chi connectivity index (χ0) is 29.9. The number of hydrogen-bond acceptors (Lipinski definition) is 8. The molecule has 3 aromatic carbocycles. The van der Waals surface area contributed by atoms with Crippen LogP contribution in [-0.2, 0) is 23.0 Å². The van der Waals surface area contributed by atoms with E-state index < -0.39 is 10.0 Å². The van der Waals surface area contributed by atoms with Crippen molar-refractivity contribution >= 4 is 49.9 Å². The lowest BCUT2D eigenvalue weighted by Gasteiger charge is -2.33. The Morgan fingerprint density at radius 3 is 2.50 bits per heavy atom. The van der Waals surface area contributed by atoms with Gasteiger partial charge in [0.15, 0.2) is 11.5 Å². The minimum Gasteiger partial charge on any atom is -0.493 e. The van der Waals surface area contributed by atoms with Crippen molar-refractivity contribution in [3.05, 3.63) is 82.9 Å². The van der Waals surface area contributed by atoms with Gasteiger partial charge < -0.3 is 14.4 Å². The molecule has 10 nitrogen and oxygen atoms in total. The number of hydrogen-bond donors (Lipinski definition) is 1. The number of thioether (sulfide) groups is 1. The second-order valence-corrected chi connectivity index (χ2v) is 12.7. The number of fused-ring (bicyclic) bond motifs is 1.